The number of aromatic nitrogens is 2. The molecule has 0 saturated heterocycles. The number of nitrogens with zero attached hydrogens (tertiary/aromatic N) is 2. The predicted octanol–water partition coefficient (Wildman–Crippen LogP) is 15.0. The Morgan fingerprint density at radius 1 is 0.407 bits per heavy atom. The predicted molar refractivity (Wildman–Crippen MR) is 243 cm³/mol. The minimum absolute atomic E-state index is 0.107. The smallest absolute Gasteiger partial charge is 0.147 e. The molecule has 0 saturated carbocycles. The van der Waals surface area contributed by atoms with Crippen LogP contribution in [-0.2, 0) is 5.41 Å². The number of furan rings is 2. The molecule has 0 spiro atoms. The van der Waals surface area contributed by atoms with Gasteiger partial charge in [-0.2, -0.15) is 0 Å². The van der Waals surface area contributed by atoms with Gasteiger partial charge < -0.3 is 8.83 Å². The molecule has 1 aliphatic carbocycles. The Labute approximate surface area is 339 Å². The van der Waals surface area contributed by atoms with Crippen molar-refractivity contribution in [2.45, 2.75) is 19.3 Å². The monoisotopic (exact) mass is 754 g/mol. The van der Waals surface area contributed by atoms with Gasteiger partial charge in [0.1, 0.15) is 22.3 Å². The number of benzene rings is 9. The maximum Gasteiger partial charge on any atom is 0.147 e. The largest absolute Gasteiger partial charge is 0.455 e. The first kappa shape index (κ1) is 32.5. The Hall–Kier alpha value is -7.56. The Morgan fingerprint density at radius 3 is 1.88 bits per heavy atom. The van der Waals surface area contributed by atoms with E-state index in [1.54, 1.807) is 0 Å². The van der Waals surface area contributed by atoms with Crippen LogP contribution in [0.3, 0.4) is 0 Å². The molecule has 0 amide bonds. The van der Waals surface area contributed by atoms with E-state index < -0.39 is 0 Å². The van der Waals surface area contributed by atoms with E-state index in [0.29, 0.717) is 0 Å². The highest BCUT2D eigenvalue weighted by Crippen LogP contribution is 2.51. The van der Waals surface area contributed by atoms with Crippen LogP contribution in [0.25, 0.3) is 121 Å². The molecule has 0 N–H and O–H groups in total. The van der Waals surface area contributed by atoms with Crippen LogP contribution in [0.1, 0.15) is 25.0 Å². The number of rotatable bonds is 3. The van der Waals surface area contributed by atoms with Gasteiger partial charge in [0.15, 0.2) is 0 Å². The van der Waals surface area contributed by atoms with Crippen molar-refractivity contribution in [3.63, 3.8) is 0 Å². The molecule has 0 atom stereocenters. The van der Waals surface area contributed by atoms with Crippen LogP contribution in [-0.4, -0.2) is 9.97 Å². The Kier molecular flexibility index (Phi) is 6.48. The topological polar surface area (TPSA) is 52.1 Å². The van der Waals surface area contributed by atoms with Crippen LogP contribution in [0.5, 0.6) is 0 Å². The fourth-order valence-electron chi connectivity index (χ4n) is 10.1. The summed E-state index contributed by atoms with van der Waals surface area (Å²) in [5.74, 6) is 0. The van der Waals surface area contributed by atoms with Crippen molar-refractivity contribution < 1.29 is 8.83 Å². The molecule has 59 heavy (non-hydrogen) atoms. The summed E-state index contributed by atoms with van der Waals surface area (Å²) in [7, 11) is 0. The molecule has 4 heteroatoms. The molecule has 0 aliphatic heterocycles. The normalized spacial score (nSPS) is 13.4. The molecule has 12 aromatic rings. The fraction of sp³-hybridized carbons (Fsp3) is 0.0545. The zero-order valence-electron chi connectivity index (χ0n) is 32.4. The summed E-state index contributed by atoms with van der Waals surface area (Å²) >= 11 is 0. The average molecular weight is 755 g/mol. The van der Waals surface area contributed by atoms with Crippen LogP contribution >= 0.6 is 0 Å². The van der Waals surface area contributed by atoms with Crippen LogP contribution in [0.2, 0.25) is 0 Å². The summed E-state index contributed by atoms with van der Waals surface area (Å²) in [6, 6.07) is 58.3. The maximum absolute atomic E-state index is 7.17. The molecular formula is C55H34N2O2. The summed E-state index contributed by atoms with van der Waals surface area (Å²) in [6.45, 7) is 4.66. The maximum atomic E-state index is 7.17. The quantitative estimate of drug-likeness (QED) is 0.169. The van der Waals surface area contributed by atoms with E-state index in [2.05, 4.69) is 166 Å². The van der Waals surface area contributed by atoms with E-state index in [4.69, 9.17) is 18.8 Å². The van der Waals surface area contributed by atoms with E-state index >= 15 is 0 Å². The van der Waals surface area contributed by atoms with E-state index in [0.717, 1.165) is 99.2 Å². The molecule has 0 radical (unpaired) electrons. The molecule has 0 unspecified atom stereocenters. The third-order valence-corrected chi connectivity index (χ3v) is 12.9. The molecule has 0 bridgehead atoms. The first-order chi connectivity index (χ1) is 29.0. The Morgan fingerprint density at radius 2 is 1.03 bits per heavy atom. The molecule has 3 aromatic heterocycles. The van der Waals surface area contributed by atoms with Crippen LogP contribution in [0.4, 0.5) is 0 Å². The number of hydrogen-bond acceptors (Lipinski definition) is 4. The second kappa shape index (κ2) is 11.7. The standard InChI is InChI=1S/C55H34N2O2/c1-55(2)45-23-9-7-17-37(45)38-26-25-31(28-46(38)55)34-21-12-22-42-44-29-43-39-18-8-10-24-48(39)58-53(43)49(54(44)59-52(34)42)33-14-11-13-32(27-33)47-30-56-50-40-19-5-3-15-35(40)36-16-4-6-20-41(36)51(50)57-47/h3-30H,1-2H3. The van der Waals surface area contributed by atoms with Gasteiger partial charge in [-0.1, -0.05) is 153 Å². The van der Waals surface area contributed by atoms with Crippen molar-refractivity contribution in [2.75, 3.05) is 0 Å². The highest BCUT2D eigenvalue weighted by Gasteiger charge is 2.35. The van der Waals surface area contributed by atoms with Gasteiger partial charge >= 0.3 is 0 Å². The Bertz CT molecular complexity index is 3740. The molecule has 0 fully saturated rings. The van der Waals surface area contributed by atoms with E-state index in [1.807, 2.05) is 18.3 Å². The van der Waals surface area contributed by atoms with Gasteiger partial charge in [0.2, 0.25) is 0 Å². The lowest BCUT2D eigenvalue weighted by molar-refractivity contribution is 0.657. The molecule has 276 valence electrons. The van der Waals surface area contributed by atoms with Crippen molar-refractivity contribution in [1.82, 2.24) is 9.97 Å². The SMILES string of the molecule is CC1(C)c2ccccc2-c2ccc(-c3cccc4c3oc3c(-c5cccc(-c6cnc7c8ccccc8c8ccccc8c7n6)c5)c5oc6ccccc6c5cc34)cc21. The average Bonchev–Trinajstić information content (AvgIpc) is 3.93. The second-order valence-electron chi connectivity index (χ2n) is 16.4. The molecule has 13 rings (SSSR count). The second-order valence-corrected chi connectivity index (χ2v) is 16.4. The van der Waals surface area contributed by atoms with Gasteiger partial charge in [-0.3, -0.25) is 4.98 Å². The summed E-state index contributed by atoms with van der Waals surface area (Å²) < 4.78 is 13.9. The third-order valence-electron chi connectivity index (χ3n) is 12.9. The van der Waals surface area contributed by atoms with Gasteiger partial charge in [-0.05, 0) is 68.4 Å². The molecule has 9 aromatic carbocycles. The molecular weight excluding hydrogens is 721 g/mol. The summed E-state index contributed by atoms with van der Waals surface area (Å²) in [5, 5.41) is 8.81. The van der Waals surface area contributed by atoms with Gasteiger partial charge in [0, 0.05) is 48.9 Å². The highest BCUT2D eigenvalue weighted by molar-refractivity contribution is 6.24. The number of hydrogen-bond donors (Lipinski definition) is 0. The first-order valence-electron chi connectivity index (χ1n) is 20.2. The van der Waals surface area contributed by atoms with E-state index in [9.17, 15) is 0 Å². The van der Waals surface area contributed by atoms with E-state index in [1.165, 1.54) is 33.0 Å². The van der Waals surface area contributed by atoms with Crippen molar-refractivity contribution in [2.24, 2.45) is 0 Å². The van der Waals surface area contributed by atoms with Gasteiger partial charge in [0.25, 0.3) is 0 Å². The highest BCUT2D eigenvalue weighted by atomic mass is 16.3. The van der Waals surface area contributed by atoms with Crippen molar-refractivity contribution >= 4 is 76.5 Å². The van der Waals surface area contributed by atoms with Gasteiger partial charge in [0.05, 0.1) is 28.5 Å². The summed E-state index contributed by atoms with van der Waals surface area (Å²) in [4.78, 5) is 10.4. The van der Waals surface area contributed by atoms with Gasteiger partial charge in [-0.15, -0.1) is 0 Å². The van der Waals surface area contributed by atoms with E-state index in [-0.39, 0.29) is 5.41 Å². The van der Waals surface area contributed by atoms with Crippen molar-refractivity contribution in [3.8, 4) is 44.6 Å². The minimum Gasteiger partial charge on any atom is -0.455 e. The lowest BCUT2D eigenvalue weighted by Crippen LogP contribution is -2.14. The lowest BCUT2D eigenvalue weighted by atomic mass is 9.81. The third kappa shape index (κ3) is 4.49. The number of fused-ring (bicyclic) bond motifs is 15. The van der Waals surface area contributed by atoms with Crippen molar-refractivity contribution in [3.05, 3.63) is 181 Å². The van der Waals surface area contributed by atoms with Crippen LogP contribution in [0.15, 0.2) is 179 Å². The zero-order valence-corrected chi connectivity index (χ0v) is 32.4. The Balaban J connectivity index is 1.04. The number of para-hydroxylation sites is 2. The summed E-state index contributed by atoms with van der Waals surface area (Å²) in [6.07, 6.45) is 1.91. The van der Waals surface area contributed by atoms with Crippen LogP contribution < -0.4 is 0 Å². The first-order valence-corrected chi connectivity index (χ1v) is 20.2. The minimum atomic E-state index is -0.107. The molecule has 4 nitrogen and oxygen atoms in total. The fourth-order valence-corrected chi connectivity index (χ4v) is 10.1. The lowest BCUT2D eigenvalue weighted by Gasteiger charge is -2.22. The van der Waals surface area contributed by atoms with Crippen molar-refractivity contribution in [1.29, 1.82) is 0 Å². The summed E-state index contributed by atoms with van der Waals surface area (Å²) in [5.41, 5.74) is 16.2. The zero-order chi connectivity index (χ0) is 39.0. The molecule has 1 aliphatic rings. The molecule has 3 heterocycles. The van der Waals surface area contributed by atoms with Gasteiger partial charge in [-0.25, -0.2) is 4.98 Å². The van der Waals surface area contributed by atoms with Crippen LogP contribution in [0, 0.1) is 0 Å².